The molecule has 8 nitrogen and oxygen atoms in total. The zero-order valence-electron chi connectivity index (χ0n) is 16.4. The number of rotatable bonds is 5. The van der Waals surface area contributed by atoms with Gasteiger partial charge in [0.2, 0.25) is 11.7 Å². The van der Waals surface area contributed by atoms with E-state index < -0.39 is 11.9 Å². The van der Waals surface area contributed by atoms with Crippen molar-refractivity contribution in [2.45, 2.75) is 13.0 Å². The highest BCUT2D eigenvalue weighted by molar-refractivity contribution is 9.10. The molecule has 3 aromatic rings. The highest BCUT2D eigenvalue weighted by Gasteiger charge is 2.30. The summed E-state index contributed by atoms with van der Waals surface area (Å²) < 4.78 is 6.59. The molecule has 2 amide bonds. The fourth-order valence-electron chi connectivity index (χ4n) is 2.86. The molecule has 2 aromatic carbocycles. The van der Waals surface area contributed by atoms with Crippen LogP contribution in [0.2, 0.25) is 0 Å². The van der Waals surface area contributed by atoms with Crippen LogP contribution in [0.5, 0.6) is 11.6 Å². The Bertz CT molecular complexity index is 1140. The summed E-state index contributed by atoms with van der Waals surface area (Å²) in [5.74, 6) is 0.324. The summed E-state index contributed by atoms with van der Waals surface area (Å²) in [6.45, 7) is 1.64. The maximum Gasteiger partial charge on any atom is 0.292 e. The van der Waals surface area contributed by atoms with Gasteiger partial charge in [0.15, 0.2) is 0 Å². The maximum atomic E-state index is 12.7. The summed E-state index contributed by atoms with van der Waals surface area (Å²) in [5, 5.41) is 4.04. The van der Waals surface area contributed by atoms with Gasteiger partial charge in [0.25, 0.3) is 11.8 Å². The Labute approximate surface area is 187 Å². The first kappa shape index (κ1) is 20.5. The van der Waals surface area contributed by atoms with Gasteiger partial charge >= 0.3 is 0 Å². The number of carbonyl (C=O) groups excluding carboxylic acids is 2. The molecule has 4 rings (SSSR count). The number of para-hydroxylation sites is 1. The maximum absolute atomic E-state index is 12.7. The van der Waals surface area contributed by atoms with Gasteiger partial charge in [0.05, 0.1) is 17.6 Å². The summed E-state index contributed by atoms with van der Waals surface area (Å²) in [6, 6.07) is 19.0. The normalized spacial score (nSPS) is 15.7. The zero-order valence-corrected chi connectivity index (χ0v) is 18.0. The molecule has 0 bridgehead atoms. The monoisotopic (exact) mass is 479 g/mol. The van der Waals surface area contributed by atoms with Crippen LogP contribution in [-0.4, -0.2) is 28.7 Å². The second-order valence-corrected chi connectivity index (χ2v) is 7.59. The van der Waals surface area contributed by atoms with Crippen molar-refractivity contribution in [3.8, 4) is 11.6 Å². The molecule has 2 heterocycles. The molecule has 0 saturated heterocycles. The third-order valence-electron chi connectivity index (χ3n) is 4.36. The van der Waals surface area contributed by atoms with Gasteiger partial charge in [-0.2, -0.15) is 0 Å². The number of aliphatic imine (C=N–C) groups is 1. The highest BCUT2D eigenvalue weighted by Crippen LogP contribution is 2.23. The van der Waals surface area contributed by atoms with Crippen LogP contribution in [0.1, 0.15) is 6.92 Å². The number of hydrogen-bond donors (Lipinski definition) is 2. The number of amidine groups is 1. The number of hydrazine groups is 1. The van der Waals surface area contributed by atoms with Crippen LogP contribution in [0.15, 0.2) is 82.4 Å². The van der Waals surface area contributed by atoms with E-state index in [1.165, 1.54) is 11.2 Å². The predicted molar refractivity (Wildman–Crippen MR) is 121 cm³/mol. The summed E-state index contributed by atoms with van der Waals surface area (Å²) in [5.41, 5.74) is 3.88. The second-order valence-electron chi connectivity index (χ2n) is 6.67. The summed E-state index contributed by atoms with van der Waals surface area (Å²) in [6.07, 6.45) is 1.48. The summed E-state index contributed by atoms with van der Waals surface area (Å²) >= 11 is 3.39. The van der Waals surface area contributed by atoms with Crippen molar-refractivity contribution in [1.29, 1.82) is 0 Å². The molecule has 0 saturated carbocycles. The molecule has 156 valence electrons. The van der Waals surface area contributed by atoms with Gasteiger partial charge in [-0.3, -0.25) is 15.0 Å². The molecule has 1 atom stereocenters. The van der Waals surface area contributed by atoms with E-state index in [0.717, 1.165) is 4.47 Å². The molecule has 1 unspecified atom stereocenters. The van der Waals surface area contributed by atoms with E-state index in [-0.39, 0.29) is 11.7 Å². The minimum Gasteiger partial charge on any atom is -0.439 e. The quantitative estimate of drug-likeness (QED) is 0.578. The van der Waals surface area contributed by atoms with Crippen molar-refractivity contribution < 1.29 is 14.3 Å². The molecule has 31 heavy (non-hydrogen) atoms. The smallest absolute Gasteiger partial charge is 0.292 e. The van der Waals surface area contributed by atoms with E-state index in [9.17, 15) is 9.59 Å². The number of hydrogen-bond acceptors (Lipinski definition) is 6. The van der Waals surface area contributed by atoms with Crippen LogP contribution in [0.4, 0.5) is 11.4 Å². The van der Waals surface area contributed by atoms with Crippen LogP contribution in [-0.2, 0) is 9.59 Å². The SMILES string of the molecule is CC1N=C(C(=O)Nc2ccc(Oc3cccc(Br)c3)nc2)NN(c2ccccc2)C1=O. The van der Waals surface area contributed by atoms with Crippen LogP contribution in [0, 0.1) is 0 Å². The first-order valence-corrected chi connectivity index (χ1v) is 10.2. The predicted octanol–water partition coefficient (Wildman–Crippen LogP) is 3.91. The molecule has 1 aliphatic rings. The Morgan fingerprint density at radius 3 is 2.65 bits per heavy atom. The molecule has 0 aliphatic carbocycles. The van der Waals surface area contributed by atoms with Gasteiger partial charge in [-0.15, -0.1) is 0 Å². The number of benzene rings is 2. The first-order valence-electron chi connectivity index (χ1n) is 9.44. The Morgan fingerprint density at radius 1 is 1.13 bits per heavy atom. The number of nitrogens with one attached hydrogen (secondary N) is 2. The van der Waals surface area contributed by atoms with Gasteiger partial charge in [-0.05, 0) is 43.3 Å². The van der Waals surface area contributed by atoms with E-state index in [0.29, 0.717) is 23.0 Å². The molecular formula is C22H18BrN5O3. The average molecular weight is 480 g/mol. The fourth-order valence-corrected chi connectivity index (χ4v) is 3.24. The molecule has 1 aliphatic heterocycles. The summed E-state index contributed by atoms with van der Waals surface area (Å²) in [4.78, 5) is 33.5. The van der Waals surface area contributed by atoms with Crippen molar-refractivity contribution in [2.75, 3.05) is 10.3 Å². The van der Waals surface area contributed by atoms with Crippen molar-refractivity contribution in [3.05, 3.63) is 77.4 Å². The Morgan fingerprint density at radius 2 is 1.94 bits per heavy atom. The Balaban J connectivity index is 1.44. The molecule has 9 heteroatoms. The van der Waals surface area contributed by atoms with E-state index in [2.05, 4.69) is 36.6 Å². The number of nitrogens with zero attached hydrogens (tertiary/aromatic N) is 3. The molecule has 1 aromatic heterocycles. The molecule has 0 radical (unpaired) electrons. The molecule has 0 spiro atoms. The van der Waals surface area contributed by atoms with Gasteiger partial charge in [0.1, 0.15) is 11.8 Å². The lowest BCUT2D eigenvalue weighted by molar-refractivity contribution is -0.120. The van der Waals surface area contributed by atoms with E-state index in [4.69, 9.17) is 4.74 Å². The Kier molecular flexibility index (Phi) is 5.94. The number of carbonyl (C=O) groups is 2. The standard InChI is InChI=1S/C22H18BrN5O3/c1-14-22(30)28(17-7-3-2-4-8-17)27-20(25-14)21(29)26-16-10-11-19(24-13-16)31-18-9-5-6-15(23)12-18/h2-14H,1H3,(H,25,27)(H,26,29). The number of anilines is 2. The number of amides is 2. The van der Waals surface area contributed by atoms with Crippen molar-refractivity contribution in [2.24, 2.45) is 4.99 Å². The lowest BCUT2D eigenvalue weighted by Crippen LogP contribution is -2.57. The van der Waals surface area contributed by atoms with Crippen LogP contribution >= 0.6 is 15.9 Å². The largest absolute Gasteiger partial charge is 0.439 e. The van der Waals surface area contributed by atoms with E-state index in [1.54, 1.807) is 31.2 Å². The van der Waals surface area contributed by atoms with E-state index in [1.807, 2.05) is 42.5 Å². The first-order chi connectivity index (χ1) is 15.0. The lowest BCUT2D eigenvalue weighted by Gasteiger charge is -2.30. The van der Waals surface area contributed by atoms with Gasteiger partial charge < -0.3 is 10.1 Å². The third-order valence-corrected chi connectivity index (χ3v) is 4.85. The topological polar surface area (TPSA) is 95.9 Å². The van der Waals surface area contributed by atoms with Crippen molar-refractivity contribution in [3.63, 3.8) is 0 Å². The van der Waals surface area contributed by atoms with Crippen LogP contribution in [0.3, 0.4) is 0 Å². The molecule has 2 N–H and O–H groups in total. The fraction of sp³-hybridized carbons (Fsp3) is 0.0909. The van der Waals surface area contributed by atoms with Gasteiger partial charge in [-0.1, -0.05) is 40.2 Å². The minimum atomic E-state index is -0.693. The van der Waals surface area contributed by atoms with Crippen LogP contribution in [0.25, 0.3) is 0 Å². The van der Waals surface area contributed by atoms with Gasteiger partial charge in [0, 0.05) is 10.5 Å². The molecular weight excluding hydrogens is 462 g/mol. The van der Waals surface area contributed by atoms with Crippen LogP contribution < -0.4 is 20.5 Å². The lowest BCUT2D eigenvalue weighted by atomic mass is 10.2. The molecule has 0 fully saturated rings. The number of halogens is 1. The van der Waals surface area contributed by atoms with Crippen molar-refractivity contribution >= 4 is 45.0 Å². The second kappa shape index (κ2) is 8.97. The number of pyridine rings is 1. The minimum absolute atomic E-state index is 0.0328. The third kappa shape index (κ3) is 4.89. The number of aromatic nitrogens is 1. The highest BCUT2D eigenvalue weighted by atomic mass is 79.9. The van der Waals surface area contributed by atoms with Crippen molar-refractivity contribution in [1.82, 2.24) is 10.4 Å². The van der Waals surface area contributed by atoms with Gasteiger partial charge in [-0.25, -0.2) is 15.0 Å². The number of ether oxygens (including phenoxy) is 1. The van der Waals surface area contributed by atoms with E-state index >= 15 is 0 Å². The average Bonchev–Trinajstić information content (AvgIpc) is 2.77. The summed E-state index contributed by atoms with van der Waals surface area (Å²) in [7, 11) is 0. The zero-order chi connectivity index (χ0) is 21.8. The Hall–Kier alpha value is -3.72.